The molecule has 0 aliphatic carbocycles. The van der Waals surface area contributed by atoms with Crippen molar-refractivity contribution < 1.29 is 27.5 Å². The number of ether oxygens (including phenoxy) is 1. The average molecular weight is 416 g/mol. The molecule has 0 atom stereocenters. The average Bonchev–Trinajstić information content (AvgIpc) is 2.60. The summed E-state index contributed by atoms with van der Waals surface area (Å²) in [4.78, 5) is 27.7. The first-order valence-electron chi connectivity index (χ1n) is 9.36. The van der Waals surface area contributed by atoms with Crippen molar-refractivity contribution in [2.75, 3.05) is 44.6 Å². The van der Waals surface area contributed by atoms with Crippen molar-refractivity contribution in [2.24, 2.45) is 0 Å². The molecule has 0 unspecified atom stereocenters. The number of anilines is 1. The van der Waals surface area contributed by atoms with Crippen LogP contribution < -0.4 is 10.6 Å². The largest absolute Gasteiger partial charge is 0.444 e. The van der Waals surface area contributed by atoms with Gasteiger partial charge in [0, 0.05) is 45.0 Å². The van der Waals surface area contributed by atoms with Crippen molar-refractivity contribution in [3.63, 3.8) is 0 Å². The Kier molecular flexibility index (Phi) is 7.34. The highest BCUT2D eigenvalue weighted by Gasteiger charge is 2.30. The molecule has 0 aromatic heterocycles. The van der Waals surface area contributed by atoms with Crippen LogP contribution in [0.15, 0.2) is 24.3 Å². The fraction of sp³-hybridized carbons (Fsp3) is 0.579. The summed E-state index contributed by atoms with van der Waals surface area (Å²) in [7, 11) is 0. The van der Waals surface area contributed by atoms with Crippen LogP contribution in [0.3, 0.4) is 0 Å². The first-order chi connectivity index (χ1) is 13.4. The number of nitrogens with one attached hydrogen (secondary N) is 2. The van der Waals surface area contributed by atoms with E-state index in [1.165, 1.54) is 12.1 Å². The summed E-state index contributed by atoms with van der Waals surface area (Å²) in [6.45, 7) is 8.71. The van der Waals surface area contributed by atoms with Gasteiger partial charge in [0.05, 0.1) is 5.56 Å². The van der Waals surface area contributed by atoms with E-state index in [0.717, 1.165) is 12.1 Å². The number of amides is 3. The van der Waals surface area contributed by atoms with Crippen molar-refractivity contribution in [3.8, 4) is 0 Å². The molecule has 10 heteroatoms. The molecule has 29 heavy (non-hydrogen) atoms. The fourth-order valence-corrected chi connectivity index (χ4v) is 2.76. The van der Waals surface area contributed by atoms with Gasteiger partial charge in [-0.3, -0.25) is 4.90 Å². The zero-order valence-electron chi connectivity index (χ0n) is 16.8. The van der Waals surface area contributed by atoms with Gasteiger partial charge in [0.15, 0.2) is 0 Å². The first-order valence-corrected chi connectivity index (χ1v) is 9.36. The van der Waals surface area contributed by atoms with Crippen LogP contribution in [0.2, 0.25) is 0 Å². The number of urea groups is 1. The molecule has 7 nitrogen and oxygen atoms in total. The number of benzene rings is 1. The van der Waals surface area contributed by atoms with E-state index in [0.29, 0.717) is 39.3 Å². The van der Waals surface area contributed by atoms with Crippen molar-refractivity contribution in [2.45, 2.75) is 32.5 Å². The number of hydrogen-bond donors (Lipinski definition) is 2. The molecule has 1 aromatic carbocycles. The van der Waals surface area contributed by atoms with Crippen LogP contribution in [0.4, 0.5) is 28.4 Å². The smallest absolute Gasteiger partial charge is 0.416 e. The third-order valence-electron chi connectivity index (χ3n) is 4.19. The van der Waals surface area contributed by atoms with Gasteiger partial charge < -0.3 is 20.3 Å². The number of piperazine rings is 1. The normalized spacial score (nSPS) is 15.7. The number of rotatable bonds is 4. The molecule has 0 bridgehead atoms. The number of nitrogens with zero attached hydrogens (tertiary/aromatic N) is 2. The van der Waals surface area contributed by atoms with Gasteiger partial charge in [-0.15, -0.1) is 0 Å². The third-order valence-corrected chi connectivity index (χ3v) is 4.19. The van der Waals surface area contributed by atoms with E-state index in [-0.39, 0.29) is 11.8 Å². The number of carbonyl (C=O) groups is 2. The molecule has 162 valence electrons. The van der Waals surface area contributed by atoms with E-state index < -0.39 is 23.4 Å². The molecule has 0 radical (unpaired) electrons. The Bertz CT molecular complexity index is 711. The molecule has 2 N–H and O–H groups in total. The summed E-state index contributed by atoms with van der Waals surface area (Å²) >= 11 is 0. The van der Waals surface area contributed by atoms with Gasteiger partial charge in [0.25, 0.3) is 0 Å². The predicted molar refractivity (Wildman–Crippen MR) is 103 cm³/mol. The molecule has 1 heterocycles. The Labute approximate surface area is 168 Å². The van der Waals surface area contributed by atoms with Gasteiger partial charge in [-0.1, -0.05) is 6.07 Å². The number of halogens is 3. The highest BCUT2D eigenvalue weighted by molar-refractivity contribution is 5.89. The summed E-state index contributed by atoms with van der Waals surface area (Å²) in [6.07, 6.45) is -4.80. The minimum absolute atomic E-state index is 0.0725. The molecule has 2 rings (SSSR count). The molecular weight excluding hydrogens is 389 g/mol. The molecule has 1 aliphatic rings. The van der Waals surface area contributed by atoms with Crippen LogP contribution in [0, 0.1) is 0 Å². The van der Waals surface area contributed by atoms with Crippen LogP contribution in [0.25, 0.3) is 0 Å². The maximum atomic E-state index is 12.7. The van der Waals surface area contributed by atoms with Crippen LogP contribution >= 0.6 is 0 Å². The van der Waals surface area contributed by atoms with Gasteiger partial charge in [-0.05, 0) is 39.0 Å². The lowest BCUT2D eigenvalue weighted by atomic mass is 10.2. The predicted octanol–water partition coefficient (Wildman–Crippen LogP) is 3.38. The van der Waals surface area contributed by atoms with Gasteiger partial charge in [-0.2, -0.15) is 13.2 Å². The summed E-state index contributed by atoms with van der Waals surface area (Å²) < 4.78 is 43.5. The van der Waals surface area contributed by atoms with E-state index in [9.17, 15) is 22.8 Å². The molecular formula is C19H27F3N4O3. The first kappa shape index (κ1) is 22.8. The quantitative estimate of drug-likeness (QED) is 0.789. The highest BCUT2D eigenvalue weighted by atomic mass is 19.4. The lowest BCUT2D eigenvalue weighted by Gasteiger charge is -2.35. The van der Waals surface area contributed by atoms with Gasteiger partial charge in [0.1, 0.15) is 5.60 Å². The number of alkyl halides is 3. The van der Waals surface area contributed by atoms with Crippen LogP contribution in [-0.4, -0.2) is 66.8 Å². The Hall–Kier alpha value is -2.49. The summed E-state index contributed by atoms with van der Waals surface area (Å²) in [5.74, 6) is 0. The summed E-state index contributed by atoms with van der Waals surface area (Å²) in [5, 5.41) is 5.02. The van der Waals surface area contributed by atoms with Crippen LogP contribution in [0.1, 0.15) is 26.3 Å². The standard InChI is InChI=1S/C19H27F3N4O3/c1-18(2,3)29-17(28)26-11-9-25(10-12-26)8-7-23-16(27)24-15-6-4-5-14(13-15)19(20,21)22/h4-6,13H,7-12H2,1-3H3,(H2,23,24,27). The maximum Gasteiger partial charge on any atom is 0.416 e. The van der Waals surface area contributed by atoms with Crippen molar-refractivity contribution >= 4 is 17.8 Å². The zero-order valence-corrected chi connectivity index (χ0v) is 16.8. The van der Waals surface area contributed by atoms with E-state index >= 15 is 0 Å². The van der Waals surface area contributed by atoms with Gasteiger partial charge in [-0.25, -0.2) is 9.59 Å². The monoisotopic (exact) mass is 416 g/mol. The van der Waals surface area contributed by atoms with Gasteiger partial charge >= 0.3 is 18.3 Å². The van der Waals surface area contributed by atoms with E-state index in [1.54, 1.807) is 4.90 Å². The van der Waals surface area contributed by atoms with Gasteiger partial charge in [0.2, 0.25) is 0 Å². The van der Waals surface area contributed by atoms with Crippen LogP contribution in [0.5, 0.6) is 0 Å². The summed E-state index contributed by atoms with van der Waals surface area (Å²) in [5.41, 5.74) is -1.29. The second-order valence-corrected chi connectivity index (χ2v) is 7.77. The lowest BCUT2D eigenvalue weighted by Crippen LogP contribution is -2.51. The number of hydrogen-bond acceptors (Lipinski definition) is 4. The Morgan fingerprint density at radius 3 is 2.34 bits per heavy atom. The minimum Gasteiger partial charge on any atom is -0.444 e. The molecule has 0 saturated carbocycles. The van der Waals surface area contributed by atoms with Crippen molar-refractivity contribution in [1.29, 1.82) is 0 Å². The highest BCUT2D eigenvalue weighted by Crippen LogP contribution is 2.30. The van der Waals surface area contributed by atoms with E-state index in [1.807, 2.05) is 20.8 Å². The zero-order chi connectivity index (χ0) is 21.7. The molecule has 1 aromatic rings. The molecule has 0 spiro atoms. The lowest BCUT2D eigenvalue weighted by molar-refractivity contribution is -0.137. The van der Waals surface area contributed by atoms with E-state index in [4.69, 9.17) is 4.74 Å². The number of carbonyl (C=O) groups excluding carboxylic acids is 2. The van der Waals surface area contributed by atoms with Crippen LogP contribution in [-0.2, 0) is 10.9 Å². The second kappa shape index (κ2) is 9.34. The van der Waals surface area contributed by atoms with E-state index in [2.05, 4.69) is 15.5 Å². The van der Waals surface area contributed by atoms with Crippen molar-refractivity contribution in [3.05, 3.63) is 29.8 Å². The molecule has 1 fully saturated rings. The van der Waals surface area contributed by atoms with Crippen molar-refractivity contribution in [1.82, 2.24) is 15.1 Å². The Morgan fingerprint density at radius 2 is 1.76 bits per heavy atom. The Balaban J connectivity index is 1.69. The maximum absolute atomic E-state index is 12.7. The fourth-order valence-electron chi connectivity index (χ4n) is 2.76. The molecule has 1 saturated heterocycles. The molecule has 1 aliphatic heterocycles. The second-order valence-electron chi connectivity index (χ2n) is 7.77. The SMILES string of the molecule is CC(C)(C)OC(=O)N1CCN(CCNC(=O)Nc2cccc(C(F)(F)F)c2)CC1. The summed E-state index contributed by atoms with van der Waals surface area (Å²) in [6, 6.07) is 3.89. The third kappa shape index (κ3) is 7.80. The molecule has 3 amide bonds. The minimum atomic E-state index is -4.46. The topological polar surface area (TPSA) is 73.9 Å². The Morgan fingerprint density at radius 1 is 1.10 bits per heavy atom.